The number of methoxy groups -OCH3 is 1. The molecule has 4 rings (SSSR count). The first-order valence-electron chi connectivity index (χ1n) is 9.34. The lowest BCUT2D eigenvalue weighted by Crippen LogP contribution is -2.19. The quantitative estimate of drug-likeness (QED) is 0.537. The van der Waals surface area contributed by atoms with Gasteiger partial charge in [0.15, 0.2) is 5.17 Å². The van der Waals surface area contributed by atoms with Crippen LogP contribution in [0.3, 0.4) is 0 Å². The molecule has 1 fully saturated rings. The van der Waals surface area contributed by atoms with Gasteiger partial charge in [0.25, 0.3) is 5.91 Å². The highest BCUT2D eigenvalue weighted by atomic mass is 35.5. The van der Waals surface area contributed by atoms with E-state index in [4.69, 9.17) is 16.3 Å². The second-order valence-corrected chi connectivity index (χ2v) is 8.24. The van der Waals surface area contributed by atoms with Crippen molar-refractivity contribution >= 4 is 46.2 Å². The first kappa shape index (κ1) is 20.3. The molecule has 1 N–H and O–H groups in total. The fourth-order valence-electron chi connectivity index (χ4n) is 3.37. The highest BCUT2D eigenvalue weighted by Crippen LogP contribution is 2.32. The summed E-state index contributed by atoms with van der Waals surface area (Å²) in [5.41, 5.74) is 4.77. The number of aliphatic imine (C=N–C) groups is 1. The van der Waals surface area contributed by atoms with E-state index in [1.54, 1.807) is 7.11 Å². The summed E-state index contributed by atoms with van der Waals surface area (Å²) >= 11 is 7.65. The zero-order valence-electron chi connectivity index (χ0n) is 16.8. The van der Waals surface area contributed by atoms with Crippen molar-refractivity contribution in [2.75, 3.05) is 7.11 Å². The summed E-state index contributed by atoms with van der Waals surface area (Å²) in [5.74, 6) is 0.487. The average molecular weight is 438 g/mol. The van der Waals surface area contributed by atoms with Crippen LogP contribution < -0.4 is 10.1 Å². The third kappa shape index (κ3) is 4.01. The number of halogens is 1. The third-order valence-corrected chi connectivity index (χ3v) is 5.99. The molecule has 1 aromatic heterocycles. The van der Waals surface area contributed by atoms with E-state index in [1.807, 2.05) is 68.5 Å². The van der Waals surface area contributed by atoms with Gasteiger partial charge in [-0.25, -0.2) is 4.99 Å². The van der Waals surface area contributed by atoms with Crippen molar-refractivity contribution in [1.82, 2.24) is 9.88 Å². The van der Waals surface area contributed by atoms with Crippen LogP contribution in [0.5, 0.6) is 5.75 Å². The Morgan fingerprint density at radius 2 is 1.90 bits per heavy atom. The summed E-state index contributed by atoms with van der Waals surface area (Å²) in [6, 6.07) is 17.3. The first-order chi connectivity index (χ1) is 14.5. The molecular weight excluding hydrogens is 418 g/mol. The maximum atomic E-state index is 12.4. The lowest BCUT2D eigenvalue weighted by molar-refractivity contribution is -0.115. The molecule has 0 spiro atoms. The van der Waals surface area contributed by atoms with E-state index in [0.29, 0.717) is 20.8 Å². The second kappa shape index (κ2) is 8.42. The minimum atomic E-state index is -0.146. The first-order valence-corrected chi connectivity index (χ1v) is 10.5. The van der Waals surface area contributed by atoms with E-state index in [0.717, 1.165) is 28.3 Å². The molecule has 2 aromatic carbocycles. The maximum absolute atomic E-state index is 12.4. The number of carbonyl (C=O) groups excluding carboxylic acids is 1. The summed E-state index contributed by atoms with van der Waals surface area (Å²) in [7, 11) is 1.59. The summed E-state index contributed by atoms with van der Waals surface area (Å²) in [4.78, 5) is 17.6. The van der Waals surface area contributed by atoms with Gasteiger partial charge in [0.1, 0.15) is 5.75 Å². The number of aryl methyl sites for hydroxylation is 1. The van der Waals surface area contributed by atoms with Crippen LogP contribution >= 0.6 is 23.4 Å². The minimum absolute atomic E-state index is 0.146. The Kier molecular flexibility index (Phi) is 5.70. The molecule has 3 aromatic rings. The SMILES string of the molecule is COc1ccc(-n2c(C)cc(/C=C3\SC(=Nc4ccccc4)NC3=O)c2C)cc1Cl. The zero-order chi connectivity index (χ0) is 21.3. The van der Waals surface area contributed by atoms with Gasteiger partial charge in [-0.2, -0.15) is 0 Å². The number of hydrogen-bond donors (Lipinski definition) is 1. The molecule has 7 heteroatoms. The molecular formula is C23H20ClN3O2S. The predicted octanol–water partition coefficient (Wildman–Crippen LogP) is 5.65. The van der Waals surface area contributed by atoms with Gasteiger partial charge in [-0.3, -0.25) is 4.79 Å². The second-order valence-electron chi connectivity index (χ2n) is 6.80. The third-order valence-electron chi connectivity index (χ3n) is 4.79. The molecule has 1 aliphatic rings. The molecule has 1 aliphatic heterocycles. The lowest BCUT2D eigenvalue weighted by atomic mass is 10.2. The van der Waals surface area contributed by atoms with Crippen LogP contribution in [0.25, 0.3) is 11.8 Å². The number of nitrogens with one attached hydrogen (secondary N) is 1. The Morgan fingerprint density at radius 1 is 1.13 bits per heavy atom. The van der Waals surface area contributed by atoms with Crippen molar-refractivity contribution in [1.29, 1.82) is 0 Å². The molecule has 0 saturated carbocycles. The van der Waals surface area contributed by atoms with Gasteiger partial charge in [-0.15, -0.1) is 0 Å². The number of thioether (sulfide) groups is 1. The molecule has 0 bridgehead atoms. The fraction of sp³-hybridized carbons (Fsp3) is 0.130. The molecule has 0 atom stereocenters. The molecule has 152 valence electrons. The van der Waals surface area contributed by atoms with E-state index < -0.39 is 0 Å². The summed E-state index contributed by atoms with van der Waals surface area (Å²) < 4.78 is 7.35. The topological polar surface area (TPSA) is 55.6 Å². The Bertz CT molecular complexity index is 1180. The summed E-state index contributed by atoms with van der Waals surface area (Å²) in [5, 5.41) is 3.96. The monoisotopic (exact) mass is 437 g/mol. The Balaban J connectivity index is 1.65. The highest BCUT2D eigenvalue weighted by Gasteiger charge is 2.24. The number of rotatable bonds is 4. The van der Waals surface area contributed by atoms with Crippen LogP contribution in [-0.4, -0.2) is 22.8 Å². The van der Waals surface area contributed by atoms with Crippen LogP contribution in [0.15, 0.2) is 64.5 Å². The normalized spacial score (nSPS) is 16.3. The van der Waals surface area contributed by atoms with Crippen LogP contribution in [0.1, 0.15) is 17.0 Å². The number of benzene rings is 2. The number of aromatic nitrogens is 1. The average Bonchev–Trinajstić information content (AvgIpc) is 3.21. The molecule has 0 radical (unpaired) electrons. The molecule has 1 saturated heterocycles. The van der Waals surface area contributed by atoms with Crippen molar-refractivity contribution in [2.24, 2.45) is 4.99 Å². The number of amides is 1. The predicted molar refractivity (Wildman–Crippen MR) is 124 cm³/mol. The molecule has 0 unspecified atom stereocenters. The number of nitrogens with zero attached hydrogens (tertiary/aromatic N) is 2. The van der Waals surface area contributed by atoms with E-state index in [9.17, 15) is 4.79 Å². The van der Waals surface area contributed by atoms with E-state index in [-0.39, 0.29) is 5.91 Å². The summed E-state index contributed by atoms with van der Waals surface area (Å²) in [6.45, 7) is 4.05. The molecule has 1 amide bonds. The molecule has 2 heterocycles. The van der Waals surface area contributed by atoms with Gasteiger partial charge < -0.3 is 14.6 Å². The van der Waals surface area contributed by atoms with Crippen molar-refractivity contribution in [3.05, 3.63) is 81.5 Å². The number of amidine groups is 1. The van der Waals surface area contributed by atoms with Crippen LogP contribution in [-0.2, 0) is 4.79 Å². The molecule has 0 aliphatic carbocycles. The van der Waals surface area contributed by atoms with Gasteiger partial charge in [0.2, 0.25) is 0 Å². The zero-order valence-corrected chi connectivity index (χ0v) is 18.3. The van der Waals surface area contributed by atoms with Crippen molar-refractivity contribution in [3.63, 3.8) is 0 Å². The smallest absolute Gasteiger partial charge is 0.264 e. The van der Waals surface area contributed by atoms with Gasteiger partial charge >= 0.3 is 0 Å². The van der Waals surface area contributed by atoms with Crippen molar-refractivity contribution in [2.45, 2.75) is 13.8 Å². The lowest BCUT2D eigenvalue weighted by Gasteiger charge is -2.11. The van der Waals surface area contributed by atoms with Gasteiger partial charge in [-0.05, 0) is 73.6 Å². The van der Waals surface area contributed by atoms with Crippen LogP contribution in [0, 0.1) is 13.8 Å². The van der Waals surface area contributed by atoms with Gasteiger partial charge in [-0.1, -0.05) is 29.8 Å². The number of hydrogen-bond acceptors (Lipinski definition) is 4. The van der Waals surface area contributed by atoms with Crippen molar-refractivity contribution < 1.29 is 9.53 Å². The molecule has 5 nitrogen and oxygen atoms in total. The van der Waals surface area contributed by atoms with Gasteiger partial charge in [0, 0.05) is 17.1 Å². The van der Waals surface area contributed by atoms with E-state index >= 15 is 0 Å². The Labute approximate surface area is 184 Å². The standard InChI is InChI=1S/C23H20ClN3O2S/c1-14-11-16(15(2)27(14)18-9-10-20(29-3)19(24)13-18)12-21-22(28)26-23(30-21)25-17-7-5-4-6-8-17/h4-13H,1-3H3,(H,25,26,28)/b21-12-. The Hall–Kier alpha value is -2.96. The van der Waals surface area contributed by atoms with E-state index in [1.165, 1.54) is 11.8 Å². The Morgan fingerprint density at radius 3 is 2.60 bits per heavy atom. The number of carbonyl (C=O) groups is 1. The molecule has 30 heavy (non-hydrogen) atoms. The highest BCUT2D eigenvalue weighted by molar-refractivity contribution is 8.18. The number of para-hydroxylation sites is 1. The summed E-state index contributed by atoms with van der Waals surface area (Å²) in [6.07, 6.45) is 1.90. The largest absolute Gasteiger partial charge is 0.495 e. The fourth-order valence-corrected chi connectivity index (χ4v) is 4.45. The number of ether oxygens (including phenoxy) is 1. The van der Waals surface area contributed by atoms with Crippen molar-refractivity contribution in [3.8, 4) is 11.4 Å². The van der Waals surface area contributed by atoms with Crippen LogP contribution in [0.2, 0.25) is 5.02 Å². The van der Waals surface area contributed by atoms with E-state index in [2.05, 4.69) is 20.9 Å². The van der Waals surface area contributed by atoms with Gasteiger partial charge in [0.05, 0.1) is 22.7 Å². The maximum Gasteiger partial charge on any atom is 0.264 e. The van der Waals surface area contributed by atoms with Crippen LogP contribution in [0.4, 0.5) is 5.69 Å². The minimum Gasteiger partial charge on any atom is -0.495 e.